The van der Waals surface area contributed by atoms with Gasteiger partial charge in [0.25, 0.3) is 10.0 Å². The molecule has 2 aromatic rings. The van der Waals surface area contributed by atoms with Gasteiger partial charge in [-0.2, -0.15) is 0 Å². The number of nitrogens with two attached hydrogens (primary N) is 1. The maximum absolute atomic E-state index is 14.7. The molecule has 0 aromatic heterocycles. The molecule has 92 heavy (non-hydrogen) atoms. The summed E-state index contributed by atoms with van der Waals surface area (Å²) in [5.41, 5.74) is 7.76. The molecule has 11 N–H and O–H groups in total. The first kappa shape index (κ1) is 76.9. The van der Waals surface area contributed by atoms with E-state index in [1.807, 2.05) is 51.1 Å². The van der Waals surface area contributed by atoms with Crippen molar-refractivity contribution in [3.8, 4) is 5.75 Å². The third-order valence-corrected chi connectivity index (χ3v) is 16.9. The van der Waals surface area contributed by atoms with Gasteiger partial charge in [0.2, 0.25) is 35.5 Å². The van der Waals surface area contributed by atoms with E-state index in [9.17, 15) is 51.6 Å². The van der Waals surface area contributed by atoms with E-state index in [2.05, 4.69) is 52.2 Å². The number of unbranched alkanes of at least 4 members (excludes halogenated alkanes) is 4. The van der Waals surface area contributed by atoms with Crippen molar-refractivity contribution in [1.29, 1.82) is 0 Å². The smallest absolute Gasteiger partial charge is 0.407 e. The zero-order chi connectivity index (χ0) is 68.4. The Morgan fingerprint density at radius 1 is 0.674 bits per heavy atom. The Morgan fingerprint density at radius 2 is 1.18 bits per heavy atom. The molecular weight excluding hydrogens is 1210 g/mol. The molecule has 0 aliphatic carbocycles. The first-order chi connectivity index (χ1) is 43.1. The van der Waals surface area contributed by atoms with Crippen molar-refractivity contribution in [3.05, 3.63) is 58.1 Å². The Hall–Kier alpha value is -7.55. The Bertz CT molecular complexity index is 2990. The number of ether oxygens (including phenoxy) is 4. The highest BCUT2D eigenvalue weighted by Crippen LogP contribution is 2.44. The van der Waals surface area contributed by atoms with E-state index < -0.39 is 105 Å². The topological polar surface area (TPSA) is 371 Å². The number of hydrogen-bond acceptors (Lipinski definition) is 17. The number of nitrogens with one attached hydrogen (secondary N) is 9. The summed E-state index contributed by atoms with van der Waals surface area (Å²) in [6.45, 7) is 22.1. The Labute approximate surface area is 543 Å². The molecule has 7 amide bonds. The molecule has 2 aliphatic rings. The summed E-state index contributed by atoms with van der Waals surface area (Å²) < 4.78 is 52.2. The zero-order valence-electron chi connectivity index (χ0n) is 56.1. The molecule has 4 rings (SSSR count). The van der Waals surface area contributed by atoms with Crippen molar-refractivity contribution in [2.75, 3.05) is 32.7 Å². The maximum Gasteiger partial charge on any atom is 0.407 e. The lowest BCUT2D eigenvalue weighted by Crippen LogP contribution is -2.58. The summed E-state index contributed by atoms with van der Waals surface area (Å²) in [6, 6.07) is 3.83. The van der Waals surface area contributed by atoms with Crippen LogP contribution in [0.15, 0.2) is 40.2 Å². The van der Waals surface area contributed by atoms with Crippen LogP contribution in [-0.4, -0.2) is 148 Å². The number of ketones is 1. The van der Waals surface area contributed by atoms with Crippen molar-refractivity contribution >= 4 is 69.5 Å². The predicted molar refractivity (Wildman–Crippen MR) is 348 cm³/mol. The van der Waals surface area contributed by atoms with E-state index in [-0.39, 0.29) is 101 Å². The number of esters is 1. The quantitative estimate of drug-likeness (QED) is 0.0131. The summed E-state index contributed by atoms with van der Waals surface area (Å²) in [4.78, 5) is 125. The van der Waals surface area contributed by atoms with Gasteiger partial charge in [0.1, 0.15) is 47.3 Å². The molecule has 514 valence electrons. The molecule has 0 spiro atoms. The summed E-state index contributed by atoms with van der Waals surface area (Å²) in [6.07, 6.45) is 3.56. The first-order valence-corrected chi connectivity index (χ1v) is 33.6. The largest absolute Gasteiger partial charge is 0.487 e. The van der Waals surface area contributed by atoms with Gasteiger partial charge in [0.05, 0.1) is 23.4 Å². The lowest BCUT2D eigenvalue weighted by Gasteiger charge is -2.27. The van der Waals surface area contributed by atoms with Crippen LogP contribution in [0.2, 0.25) is 0 Å². The monoisotopic (exact) mass is 1310 g/mol. The van der Waals surface area contributed by atoms with Crippen LogP contribution in [0.25, 0.3) is 0 Å². The van der Waals surface area contributed by atoms with Crippen LogP contribution in [0, 0.1) is 20.8 Å². The molecule has 1 fully saturated rings. The third kappa shape index (κ3) is 27.7. The fourth-order valence-corrected chi connectivity index (χ4v) is 12.0. The SMILES string of the molecule is CC(=O)[C@H](CCCN=C(N)NS(=O)(=O)c1c(C)c(C)c2c(c1C)OC(C)(C)C2)NC(=O)[C@H](CCCCCNC(=O)OC(C)(C)C)NC(=O)[C@H](CCCCNC(=O)OC(C)(C)C)NC(=O)[C@H](CCCCNC(=O)CCC(=O)OCc1ccccc1)NC(=O)[C@H]1CCCN1. The highest BCUT2D eigenvalue weighted by molar-refractivity contribution is 7.90. The molecule has 2 aliphatic heterocycles. The number of nitrogens with zero attached hydrogens (tertiary/aromatic N) is 1. The fourth-order valence-electron chi connectivity index (χ4n) is 10.5. The summed E-state index contributed by atoms with van der Waals surface area (Å²) in [5.74, 6) is -3.71. The molecule has 2 heterocycles. The lowest BCUT2D eigenvalue weighted by atomic mass is 9.93. The molecule has 0 saturated carbocycles. The minimum Gasteiger partial charge on any atom is -0.487 e. The number of sulfonamides is 1. The maximum atomic E-state index is 14.7. The number of aliphatic imine (C=N–C) groups is 1. The highest BCUT2D eigenvalue weighted by atomic mass is 32.2. The Balaban J connectivity index is 1.50. The number of benzene rings is 2. The predicted octanol–water partition coefficient (Wildman–Crippen LogP) is 5.57. The van der Waals surface area contributed by atoms with Crippen LogP contribution in [0.1, 0.15) is 193 Å². The van der Waals surface area contributed by atoms with Gasteiger partial charge in [0, 0.05) is 50.1 Å². The van der Waals surface area contributed by atoms with Crippen molar-refractivity contribution < 1.29 is 70.5 Å². The number of hydrogen-bond donors (Lipinski definition) is 10. The van der Waals surface area contributed by atoms with Gasteiger partial charge in [-0.3, -0.25) is 38.6 Å². The van der Waals surface area contributed by atoms with Crippen LogP contribution >= 0.6 is 0 Å². The van der Waals surface area contributed by atoms with Gasteiger partial charge >= 0.3 is 18.2 Å². The van der Waals surface area contributed by atoms with Crippen LogP contribution in [0.5, 0.6) is 5.75 Å². The van der Waals surface area contributed by atoms with Crippen LogP contribution in [0.3, 0.4) is 0 Å². The van der Waals surface area contributed by atoms with E-state index >= 15 is 0 Å². The van der Waals surface area contributed by atoms with Crippen molar-refractivity contribution in [3.63, 3.8) is 0 Å². The second kappa shape index (κ2) is 36.6. The van der Waals surface area contributed by atoms with Crippen molar-refractivity contribution in [1.82, 2.24) is 47.3 Å². The van der Waals surface area contributed by atoms with Gasteiger partial charge in [-0.1, -0.05) is 43.2 Å². The summed E-state index contributed by atoms with van der Waals surface area (Å²) in [7, 11) is -4.23. The van der Waals surface area contributed by atoms with Crippen molar-refractivity contribution in [2.24, 2.45) is 10.7 Å². The van der Waals surface area contributed by atoms with Gasteiger partial charge in [-0.15, -0.1) is 0 Å². The summed E-state index contributed by atoms with van der Waals surface area (Å²) >= 11 is 0. The zero-order valence-corrected chi connectivity index (χ0v) is 56.9. The number of carbonyl (C=O) groups is 9. The van der Waals surface area contributed by atoms with Crippen molar-refractivity contribution in [2.45, 2.75) is 251 Å². The first-order valence-electron chi connectivity index (χ1n) is 32.1. The molecule has 0 unspecified atom stereocenters. The number of carbonyl (C=O) groups excluding carboxylic acids is 9. The number of guanidine groups is 1. The second-order valence-corrected chi connectivity index (χ2v) is 27.9. The third-order valence-electron chi connectivity index (χ3n) is 15.3. The van der Waals surface area contributed by atoms with Gasteiger partial charge in [0.15, 0.2) is 5.78 Å². The molecular formula is C65H103N11O15S. The normalized spacial score (nSPS) is 15.8. The second-order valence-electron chi connectivity index (χ2n) is 26.3. The minimum absolute atomic E-state index is 0.0176. The van der Waals surface area contributed by atoms with E-state index in [1.165, 1.54) is 6.92 Å². The average molecular weight is 1310 g/mol. The van der Waals surface area contributed by atoms with Crippen LogP contribution in [-0.2, 0) is 70.8 Å². The molecule has 26 nitrogen and oxygen atoms in total. The van der Waals surface area contributed by atoms with E-state index in [0.717, 1.165) is 23.1 Å². The highest BCUT2D eigenvalue weighted by Gasteiger charge is 2.38. The molecule has 5 atom stereocenters. The van der Waals surface area contributed by atoms with E-state index in [1.54, 1.807) is 55.4 Å². The molecule has 0 radical (unpaired) electrons. The van der Waals surface area contributed by atoms with E-state index in [4.69, 9.17) is 24.7 Å². The van der Waals surface area contributed by atoms with Crippen LogP contribution in [0.4, 0.5) is 9.59 Å². The molecule has 1 saturated heterocycles. The number of amides is 7. The number of alkyl carbamates (subject to hydrolysis) is 2. The molecule has 0 bridgehead atoms. The average Bonchev–Trinajstić information content (AvgIpc) is 1.51. The number of Topliss-reactive ketones (excluding diaryl/α,β-unsaturated/α-hetero) is 1. The fraction of sp³-hybridized carbons (Fsp3) is 0.662. The summed E-state index contributed by atoms with van der Waals surface area (Å²) in [5, 5.41) is 22.6. The standard InChI is InChI=1S/C65H103N11O15S/c1-41-42(2)55(43(3)54-46(41)39-65(11,12)89-54)92(86,87)76-60(66)69-38-23-30-47(44(4)77)72-57(81)49(27-17-14-20-35-70-61(84)90-63(5,6)7)74-59(83)51(29-19-22-36-71-62(85)91-64(8,9)10)75-58(82)50(73-56(80)48-31-24-37-67-48)28-18-21-34-68-52(78)32-33-53(79)88-40-45-25-15-13-16-26-45/h13,15-16,25-26,47-51,67H,14,17-24,27-40H2,1-12H3,(H,68,78)(H,70,84)(H,71,85)(H,72,81)(H,73,80)(H,74,83)(H,75,82)(H3,66,69,76)/t47-,48+,49-,50-,51-/m0/s1. The lowest BCUT2D eigenvalue weighted by molar-refractivity contribution is -0.146. The van der Waals surface area contributed by atoms with Gasteiger partial charge in [-0.05, 0) is 183 Å². The number of rotatable bonds is 36. The van der Waals surface area contributed by atoms with E-state index in [0.29, 0.717) is 74.8 Å². The Morgan fingerprint density at radius 3 is 1.72 bits per heavy atom. The van der Waals surface area contributed by atoms with Crippen LogP contribution < -0.4 is 57.7 Å². The molecule has 2 aromatic carbocycles. The van der Waals surface area contributed by atoms with Gasteiger partial charge in [-0.25, -0.2) is 22.7 Å². The number of fused-ring (bicyclic) bond motifs is 1. The van der Waals surface area contributed by atoms with Gasteiger partial charge < -0.3 is 67.2 Å². The molecule has 27 heteroatoms. The minimum atomic E-state index is -4.23. The Kier molecular flexibility index (Phi) is 30.6.